The molecule has 0 aliphatic carbocycles. The Bertz CT molecular complexity index is 1130. The Morgan fingerprint density at radius 1 is 1.00 bits per heavy atom. The fourth-order valence-corrected chi connectivity index (χ4v) is 3.76. The molecule has 34 heavy (non-hydrogen) atoms. The topological polar surface area (TPSA) is 71.9 Å². The summed E-state index contributed by atoms with van der Waals surface area (Å²) >= 11 is 0. The molecule has 1 aliphatic heterocycles. The number of carboxylic acid groups (broad SMARTS) is 1. The van der Waals surface area contributed by atoms with Crippen molar-refractivity contribution in [3.8, 4) is 22.8 Å². The Morgan fingerprint density at radius 2 is 1.71 bits per heavy atom. The van der Waals surface area contributed by atoms with Gasteiger partial charge < -0.3 is 14.6 Å². The van der Waals surface area contributed by atoms with Crippen LogP contribution < -0.4 is 9.47 Å². The second-order valence-electron chi connectivity index (χ2n) is 7.98. The zero-order chi connectivity index (χ0) is 24.1. The van der Waals surface area contributed by atoms with Crippen molar-refractivity contribution in [2.24, 2.45) is 0 Å². The van der Waals surface area contributed by atoms with E-state index >= 15 is 0 Å². The van der Waals surface area contributed by atoms with Crippen molar-refractivity contribution in [1.82, 2.24) is 9.88 Å². The summed E-state index contributed by atoms with van der Waals surface area (Å²) in [4.78, 5) is 17.7. The molecule has 1 N–H and O–H groups in total. The van der Waals surface area contributed by atoms with Gasteiger partial charge in [-0.15, -0.1) is 13.2 Å². The highest BCUT2D eigenvalue weighted by molar-refractivity contribution is 5.66. The van der Waals surface area contributed by atoms with Gasteiger partial charge in [0.25, 0.3) is 0 Å². The van der Waals surface area contributed by atoms with Gasteiger partial charge in [0.2, 0.25) is 0 Å². The average molecular weight is 472 g/mol. The third kappa shape index (κ3) is 6.48. The minimum atomic E-state index is -4.71. The highest BCUT2D eigenvalue weighted by Gasteiger charge is 2.30. The third-order valence-corrected chi connectivity index (χ3v) is 5.48. The molecule has 0 spiro atoms. The van der Waals surface area contributed by atoms with E-state index in [0.717, 1.165) is 35.5 Å². The van der Waals surface area contributed by atoms with Crippen LogP contribution in [0.25, 0.3) is 11.3 Å². The summed E-state index contributed by atoms with van der Waals surface area (Å²) in [7, 11) is 0. The van der Waals surface area contributed by atoms with Crippen molar-refractivity contribution in [3.05, 3.63) is 77.5 Å². The van der Waals surface area contributed by atoms with Gasteiger partial charge in [-0.05, 0) is 53.6 Å². The second kappa shape index (κ2) is 10.1. The van der Waals surface area contributed by atoms with Crippen LogP contribution in [-0.4, -0.2) is 40.4 Å². The molecule has 4 rings (SSSR count). The van der Waals surface area contributed by atoms with Crippen molar-refractivity contribution in [3.63, 3.8) is 0 Å². The largest absolute Gasteiger partial charge is 0.573 e. The van der Waals surface area contributed by atoms with Crippen LogP contribution >= 0.6 is 0 Å². The van der Waals surface area contributed by atoms with Gasteiger partial charge in [-0.3, -0.25) is 14.7 Å². The zero-order valence-electron chi connectivity index (χ0n) is 18.2. The molecule has 0 atom stereocenters. The number of carbonyl (C=O) groups is 1. The number of hydrogen-bond donors (Lipinski definition) is 1. The Hall–Kier alpha value is -3.59. The Balaban J connectivity index is 1.33. The minimum Gasteiger partial charge on any atom is -0.489 e. The molecule has 178 valence electrons. The number of alkyl halides is 3. The van der Waals surface area contributed by atoms with Crippen LogP contribution in [0.4, 0.5) is 13.2 Å². The SMILES string of the molecule is O=C(O)CCN1CCc2nc(-c3ccc(OCc4ccc(OC(F)(F)F)cc4)cc3)ccc2C1. The van der Waals surface area contributed by atoms with E-state index in [1.54, 1.807) is 0 Å². The number of benzene rings is 2. The molecular formula is C25H23F3N2O4. The van der Waals surface area contributed by atoms with Crippen molar-refractivity contribution >= 4 is 5.97 Å². The first-order chi connectivity index (χ1) is 16.2. The summed E-state index contributed by atoms with van der Waals surface area (Å²) < 4.78 is 46.3. The highest BCUT2D eigenvalue weighted by atomic mass is 19.4. The normalized spacial score (nSPS) is 13.9. The molecule has 0 fully saturated rings. The number of aromatic nitrogens is 1. The molecule has 1 aromatic heterocycles. The van der Waals surface area contributed by atoms with Crippen molar-refractivity contribution in [2.45, 2.75) is 32.4 Å². The smallest absolute Gasteiger partial charge is 0.489 e. The first-order valence-corrected chi connectivity index (χ1v) is 10.8. The summed E-state index contributed by atoms with van der Waals surface area (Å²) in [6.45, 7) is 2.23. The van der Waals surface area contributed by atoms with Crippen LogP contribution in [0.5, 0.6) is 11.5 Å². The number of nitrogens with zero attached hydrogens (tertiary/aromatic N) is 2. The molecule has 0 unspecified atom stereocenters. The molecule has 2 aromatic carbocycles. The van der Waals surface area contributed by atoms with Crippen LogP contribution in [-0.2, 0) is 24.4 Å². The summed E-state index contributed by atoms with van der Waals surface area (Å²) in [6.07, 6.45) is -3.81. The minimum absolute atomic E-state index is 0.132. The maximum Gasteiger partial charge on any atom is 0.573 e. The maximum atomic E-state index is 12.2. The summed E-state index contributed by atoms with van der Waals surface area (Å²) in [5.74, 6) is -0.433. The van der Waals surface area contributed by atoms with Crippen LogP contribution in [0.15, 0.2) is 60.7 Å². The van der Waals surface area contributed by atoms with Crippen molar-refractivity contribution in [1.29, 1.82) is 0 Å². The third-order valence-electron chi connectivity index (χ3n) is 5.48. The molecule has 0 amide bonds. The standard InChI is InChI=1S/C25H23F3N2O4/c26-25(27,28)34-21-6-1-17(2-7-21)16-33-20-8-3-18(4-9-20)22-10-5-19-15-30(14-12-24(31)32)13-11-23(19)29-22/h1-10H,11-16H2,(H,31,32). The lowest BCUT2D eigenvalue weighted by atomic mass is 10.0. The number of halogens is 3. The lowest BCUT2D eigenvalue weighted by molar-refractivity contribution is -0.274. The van der Waals surface area contributed by atoms with E-state index in [1.807, 2.05) is 36.4 Å². The average Bonchev–Trinajstić information content (AvgIpc) is 2.81. The van der Waals surface area contributed by atoms with E-state index in [1.165, 1.54) is 24.3 Å². The molecule has 0 saturated carbocycles. The predicted molar refractivity (Wildman–Crippen MR) is 118 cm³/mol. The van der Waals surface area contributed by atoms with Gasteiger partial charge in [0.1, 0.15) is 18.1 Å². The number of hydrogen-bond acceptors (Lipinski definition) is 5. The molecule has 0 saturated heterocycles. The number of aliphatic carboxylic acids is 1. The van der Waals surface area contributed by atoms with E-state index < -0.39 is 12.3 Å². The molecule has 0 bridgehead atoms. The zero-order valence-corrected chi connectivity index (χ0v) is 18.2. The Labute approximate surface area is 194 Å². The molecule has 9 heteroatoms. The van der Waals surface area contributed by atoms with Crippen LogP contribution in [0.3, 0.4) is 0 Å². The fourth-order valence-electron chi connectivity index (χ4n) is 3.76. The lowest BCUT2D eigenvalue weighted by Crippen LogP contribution is -2.32. The van der Waals surface area contributed by atoms with Gasteiger partial charge in [-0.25, -0.2) is 0 Å². The number of pyridine rings is 1. The quantitative estimate of drug-likeness (QED) is 0.494. The van der Waals surface area contributed by atoms with Crippen molar-refractivity contribution in [2.75, 3.05) is 13.1 Å². The monoisotopic (exact) mass is 472 g/mol. The number of ether oxygens (including phenoxy) is 2. The van der Waals surface area contributed by atoms with Gasteiger partial charge in [-0.2, -0.15) is 0 Å². The maximum absolute atomic E-state index is 12.2. The molecule has 1 aliphatic rings. The van der Waals surface area contributed by atoms with E-state index in [0.29, 0.717) is 24.4 Å². The number of fused-ring (bicyclic) bond motifs is 1. The molecule has 0 radical (unpaired) electrons. The Kier molecular flexibility index (Phi) is 7.02. The van der Waals surface area contributed by atoms with Crippen LogP contribution in [0.2, 0.25) is 0 Å². The number of carboxylic acids is 1. The van der Waals surface area contributed by atoms with Gasteiger partial charge in [0.15, 0.2) is 0 Å². The van der Waals surface area contributed by atoms with Gasteiger partial charge in [0, 0.05) is 37.3 Å². The van der Waals surface area contributed by atoms with Gasteiger partial charge >= 0.3 is 12.3 Å². The van der Waals surface area contributed by atoms with E-state index in [-0.39, 0.29) is 18.8 Å². The Morgan fingerprint density at radius 3 is 2.38 bits per heavy atom. The van der Waals surface area contributed by atoms with Crippen LogP contribution in [0, 0.1) is 0 Å². The van der Waals surface area contributed by atoms with E-state index in [9.17, 15) is 18.0 Å². The fraction of sp³-hybridized carbons (Fsp3) is 0.280. The summed E-state index contributed by atoms with van der Waals surface area (Å²) in [5.41, 5.74) is 4.66. The second-order valence-corrected chi connectivity index (χ2v) is 7.98. The molecule has 6 nitrogen and oxygen atoms in total. The van der Waals surface area contributed by atoms with Gasteiger partial charge in [-0.1, -0.05) is 18.2 Å². The molecule has 2 heterocycles. The summed E-state index contributed by atoms with van der Waals surface area (Å²) in [6, 6.07) is 17.0. The summed E-state index contributed by atoms with van der Waals surface area (Å²) in [5, 5.41) is 8.87. The van der Waals surface area contributed by atoms with Crippen LogP contribution in [0.1, 0.15) is 23.2 Å². The molecule has 3 aromatic rings. The first kappa shape index (κ1) is 23.6. The lowest BCUT2D eigenvalue weighted by Gasteiger charge is -2.27. The highest BCUT2D eigenvalue weighted by Crippen LogP contribution is 2.26. The first-order valence-electron chi connectivity index (χ1n) is 10.8. The van der Waals surface area contributed by atoms with Gasteiger partial charge in [0.05, 0.1) is 12.1 Å². The van der Waals surface area contributed by atoms with Crippen molar-refractivity contribution < 1.29 is 32.5 Å². The number of rotatable bonds is 8. The molecular weight excluding hydrogens is 449 g/mol. The predicted octanol–water partition coefficient (Wildman–Crippen LogP) is 5.06. The van der Waals surface area contributed by atoms with E-state index in [4.69, 9.17) is 14.8 Å². The van der Waals surface area contributed by atoms with E-state index in [2.05, 4.69) is 9.64 Å².